The topological polar surface area (TPSA) is 54.4 Å². The van der Waals surface area contributed by atoms with Gasteiger partial charge in [-0.25, -0.2) is 0 Å². The molecule has 1 aromatic carbocycles. The van der Waals surface area contributed by atoms with Crippen LogP contribution in [0.5, 0.6) is 0 Å². The van der Waals surface area contributed by atoms with Crippen LogP contribution in [0.25, 0.3) is 0 Å². The number of hydrogen-bond donors (Lipinski definition) is 1. The van der Waals surface area contributed by atoms with E-state index in [1.165, 1.54) is 69.9 Å². The number of hydrogen-bond acceptors (Lipinski definition) is 2. The average Bonchev–Trinajstić information content (AvgIpc) is 2.49. The van der Waals surface area contributed by atoms with Gasteiger partial charge in [0.25, 0.3) is 10.1 Å². The van der Waals surface area contributed by atoms with E-state index < -0.39 is 10.1 Å². The van der Waals surface area contributed by atoms with E-state index in [1.54, 1.807) is 12.1 Å². The van der Waals surface area contributed by atoms with Gasteiger partial charge in [0.15, 0.2) is 0 Å². The van der Waals surface area contributed by atoms with E-state index >= 15 is 0 Å². The van der Waals surface area contributed by atoms with Crippen molar-refractivity contribution in [2.24, 2.45) is 0 Å². The molecule has 0 spiro atoms. The second-order valence-corrected chi connectivity index (χ2v) is 7.47. The fourth-order valence-electron chi connectivity index (χ4n) is 2.64. The van der Waals surface area contributed by atoms with E-state index in [0.29, 0.717) is 0 Å². The molecule has 0 saturated carbocycles. The van der Waals surface area contributed by atoms with E-state index in [0.717, 1.165) is 18.4 Å². The summed E-state index contributed by atoms with van der Waals surface area (Å²) < 4.78 is 30.8. The van der Waals surface area contributed by atoms with Crippen LogP contribution in [0.15, 0.2) is 29.2 Å². The second kappa shape index (κ2) is 13.0. The molecule has 1 N–H and O–H groups in total. The van der Waals surface area contributed by atoms with Crippen molar-refractivity contribution in [3.05, 3.63) is 29.8 Å². The van der Waals surface area contributed by atoms with Crippen LogP contribution < -0.4 is 0 Å². The molecule has 0 bridgehead atoms. The summed E-state index contributed by atoms with van der Waals surface area (Å²) in [5.41, 5.74) is 1.13. The molecule has 0 saturated heterocycles. The summed E-state index contributed by atoms with van der Waals surface area (Å²) in [6.07, 6.45) is 14.1. The van der Waals surface area contributed by atoms with Crippen molar-refractivity contribution in [3.8, 4) is 0 Å². The standard InChI is InChI=1S/C18H30O3S.Cu/c1-2-3-4-5-6-7-8-9-10-11-12-17-13-15-18(16-14-17)22(19,20)21;/h13-16H,2-12H2,1H3,(H,19,20,21);/q;+2. The van der Waals surface area contributed by atoms with E-state index in [2.05, 4.69) is 6.92 Å². The molecule has 1 radical (unpaired) electrons. The molecule has 0 unspecified atom stereocenters. The molecule has 0 aliphatic carbocycles. The largest absolute Gasteiger partial charge is 2.00 e. The molecule has 1 aromatic rings. The maximum atomic E-state index is 10.9. The van der Waals surface area contributed by atoms with Crippen LogP contribution in [-0.2, 0) is 33.6 Å². The van der Waals surface area contributed by atoms with Crippen LogP contribution in [0.2, 0.25) is 0 Å². The Morgan fingerprint density at radius 3 is 1.65 bits per heavy atom. The summed E-state index contributed by atoms with van der Waals surface area (Å²) in [6, 6.07) is 6.52. The average molecular weight is 390 g/mol. The first-order valence-electron chi connectivity index (χ1n) is 8.60. The first-order chi connectivity index (χ1) is 10.5. The van der Waals surface area contributed by atoms with Crippen LogP contribution in [0.4, 0.5) is 0 Å². The summed E-state index contributed by atoms with van der Waals surface area (Å²) in [5.74, 6) is 0. The molecule has 0 aliphatic rings. The van der Waals surface area contributed by atoms with Crippen molar-refractivity contribution in [2.75, 3.05) is 0 Å². The minimum atomic E-state index is -4.06. The van der Waals surface area contributed by atoms with Gasteiger partial charge in [-0.3, -0.25) is 4.55 Å². The van der Waals surface area contributed by atoms with E-state index in [4.69, 9.17) is 4.55 Å². The van der Waals surface area contributed by atoms with Gasteiger partial charge >= 0.3 is 17.1 Å². The van der Waals surface area contributed by atoms with E-state index in [9.17, 15) is 8.42 Å². The summed E-state index contributed by atoms with van der Waals surface area (Å²) in [7, 11) is -4.06. The SMILES string of the molecule is CCCCCCCCCCCCc1ccc(S(=O)(=O)O)cc1.[Cu+2]. The monoisotopic (exact) mass is 389 g/mol. The Morgan fingerprint density at radius 2 is 1.22 bits per heavy atom. The molecule has 1 rings (SSSR count). The summed E-state index contributed by atoms with van der Waals surface area (Å²) in [4.78, 5) is -0.0284. The minimum absolute atomic E-state index is 0. The molecule has 0 atom stereocenters. The molecular weight excluding hydrogens is 360 g/mol. The quantitative estimate of drug-likeness (QED) is 0.296. The van der Waals surface area contributed by atoms with Crippen molar-refractivity contribution in [1.29, 1.82) is 0 Å². The Kier molecular flexibility index (Phi) is 12.8. The zero-order chi connectivity index (χ0) is 16.3. The Bertz CT molecular complexity index is 498. The molecule has 0 aromatic heterocycles. The molecule has 5 heteroatoms. The third-order valence-corrected chi connectivity index (χ3v) is 4.91. The molecule has 23 heavy (non-hydrogen) atoms. The van der Waals surface area contributed by atoms with Gasteiger partial charge in [-0.2, -0.15) is 8.42 Å². The van der Waals surface area contributed by atoms with Gasteiger partial charge in [-0.05, 0) is 30.5 Å². The van der Waals surface area contributed by atoms with Crippen LogP contribution >= 0.6 is 0 Å². The molecular formula is C18H30CuO3S+2. The Morgan fingerprint density at radius 1 is 0.783 bits per heavy atom. The Labute approximate surface area is 152 Å². The zero-order valence-corrected chi connectivity index (χ0v) is 15.8. The normalized spacial score (nSPS) is 11.2. The van der Waals surface area contributed by atoms with Crippen LogP contribution in [0.1, 0.15) is 76.7 Å². The fourth-order valence-corrected chi connectivity index (χ4v) is 3.12. The molecule has 3 nitrogen and oxygen atoms in total. The third kappa shape index (κ3) is 10.9. The summed E-state index contributed by atoms with van der Waals surface area (Å²) in [5, 5.41) is 0. The third-order valence-electron chi connectivity index (χ3n) is 4.04. The first-order valence-corrected chi connectivity index (χ1v) is 10.0. The van der Waals surface area contributed by atoms with Gasteiger partial charge in [0.2, 0.25) is 0 Å². The van der Waals surface area contributed by atoms with Crippen molar-refractivity contribution in [2.45, 2.75) is 82.4 Å². The van der Waals surface area contributed by atoms with Gasteiger partial charge in [0.05, 0.1) is 4.90 Å². The van der Waals surface area contributed by atoms with Crippen molar-refractivity contribution in [1.82, 2.24) is 0 Å². The zero-order valence-electron chi connectivity index (χ0n) is 14.1. The van der Waals surface area contributed by atoms with Crippen LogP contribution in [0.3, 0.4) is 0 Å². The van der Waals surface area contributed by atoms with Crippen molar-refractivity contribution in [3.63, 3.8) is 0 Å². The first kappa shape index (κ1) is 22.6. The maximum absolute atomic E-state index is 10.9. The van der Waals surface area contributed by atoms with Gasteiger partial charge in [0, 0.05) is 0 Å². The summed E-state index contributed by atoms with van der Waals surface area (Å²) >= 11 is 0. The predicted octanol–water partition coefficient (Wildman–Crippen LogP) is 5.39. The molecule has 0 fully saturated rings. The van der Waals surface area contributed by atoms with Crippen molar-refractivity contribution < 1.29 is 30.0 Å². The summed E-state index contributed by atoms with van der Waals surface area (Å²) in [6.45, 7) is 2.25. The number of unbranched alkanes of at least 4 members (excludes halogenated alkanes) is 9. The van der Waals surface area contributed by atoms with Gasteiger partial charge in [-0.15, -0.1) is 0 Å². The minimum Gasteiger partial charge on any atom is -0.282 e. The second-order valence-electron chi connectivity index (χ2n) is 6.05. The molecule has 0 aliphatic heterocycles. The maximum Gasteiger partial charge on any atom is 2.00 e. The molecule has 135 valence electrons. The number of aryl methyl sites for hydroxylation is 1. The van der Waals surface area contributed by atoms with Gasteiger partial charge in [0.1, 0.15) is 0 Å². The van der Waals surface area contributed by atoms with Crippen LogP contribution in [0, 0.1) is 0 Å². The van der Waals surface area contributed by atoms with Crippen molar-refractivity contribution >= 4 is 10.1 Å². The van der Waals surface area contributed by atoms with Gasteiger partial charge < -0.3 is 0 Å². The Balaban J connectivity index is 0.00000484. The van der Waals surface area contributed by atoms with E-state index in [1.807, 2.05) is 0 Å². The molecule has 0 amide bonds. The van der Waals surface area contributed by atoms with Crippen LogP contribution in [-0.4, -0.2) is 13.0 Å². The van der Waals surface area contributed by atoms with Gasteiger partial charge in [-0.1, -0.05) is 76.8 Å². The Hall–Kier alpha value is -0.351. The number of rotatable bonds is 12. The number of benzene rings is 1. The fraction of sp³-hybridized carbons (Fsp3) is 0.667. The van der Waals surface area contributed by atoms with E-state index in [-0.39, 0.29) is 22.0 Å². The predicted molar refractivity (Wildman–Crippen MR) is 91.8 cm³/mol. The smallest absolute Gasteiger partial charge is 0.282 e. The molecule has 0 heterocycles.